The van der Waals surface area contributed by atoms with Gasteiger partial charge in [0.2, 0.25) is 11.8 Å². The van der Waals surface area contributed by atoms with E-state index in [9.17, 15) is 24.6 Å². The SMILES string of the molecule is C=CCN(Cn1nnc2ccccc21)C(=O)C1N([C@@H](CO)C(C)C)C(=O)[C@@H]2[C@H](C(=O)O)[C@]3(C)CCC12S3. The Hall–Kier alpha value is -2.92. The number of nitrogens with zero attached hydrogens (tertiary/aromatic N) is 5. The minimum Gasteiger partial charge on any atom is -0.481 e. The number of carbonyl (C=O) groups excluding carboxylic acids is 2. The van der Waals surface area contributed by atoms with Gasteiger partial charge in [-0.1, -0.05) is 37.3 Å². The second-order valence-corrected chi connectivity index (χ2v) is 12.8. The predicted molar refractivity (Wildman–Crippen MR) is 138 cm³/mol. The van der Waals surface area contributed by atoms with Gasteiger partial charge in [0.15, 0.2) is 0 Å². The van der Waals surface area contributed by atoms with Crippen LogP contribution in [0.1, 0.15) is 33.6 Å². The number of aliphatic hydroxyl groups excluding tert-OH is 1. The predicted octanol–water partition coefficient (Wildman–Crippen LogP) is 1.99. The molecular weight excluding hydrogens is 494 g/mol. The fourth-order valence-corrected chi connectivity index (χ4v) is 9.06. The summed E-state index contributed by atoms with van der Waals surface area (Å²) in [6.07, 6.45) is 2.79. The van der Waals surface area contributed by atoms with E-state index in [4.69, 9.17) is 0 Å². The van der Waals surface area contributed by atoms with Crippen molar-refractivity contribution < 1.29 is 24.6 Å². The highest BCUT2D eigenvalue weighted by molar-refractivity contribution is 8.02. The van der Waals surface area contributed by atoms with E-state index in [-0.39, 0.29) is 37.6 Å². The van der Waals surface area contributed by atoms with Gasteiger partial charge in [0.05, 0.1) is 34.7 Å². The van der Waals surface area contributed by atoms with Crippen LogP contribution in [-0.4, -0.2) is 87.5 Å². The first kappa shape index (κ1) is 25.7. The second-order valence-electron chi connectivity index (χ2n) is 10.9. The van der Waals surface area contributed by atoms with E-state index in [2.05, 4.69) is 16.9 Å². The number of rotatable bonds is 9. The van der Waals surface area contributed by atoms with Gasteiger partial charge in [-0.25, -0.2) is 4.68 Å². The Bertz CT molecular complexity index is 1260. The van der Waals surface area contributed by atoms with Crippen LogP contribution in [0.3, 0.4) is 0 Å². The molecule has 3 aliphatic heterocycles. The highest BCUT2D eigenvalue weighted by Crippen LogP contribution is 2.71. The number of aliphatic carboxylic acids is 1. The largest absolute Gasteiger partial charge is 0.481 e. The molecule has 2 amide bonds. The molecule has 5 rings (SSSR count). The van der Waals surface area contributed by atoms with Crippen molar-refractivity contribution in [1.82, 2.24) is 24.8 Å². The van der Waals surface area contributed by atoms with Gasteiger partial charge in [0.1, 0.15) is 18.2 Å². The van der Waals surface area contributed by atoms with Crippen LogP contribution in [0.5, 0.6) is 0 Å². The van der Waals surface area contributed by atoms with Crippen LogP contribution < -0.4 is 0 Å². The molecule has 2 aromatic rings. The monoisotopic (exact) mass is 527 g/mol. The van der Waals surface area contributed by atoms with Crippen molar-refractivity contribution in [2.45, 2.75) is 61.9 Å². The van der Waals surface area contributed by atoms with Crippen LogP contribution in [0.2, 0.25) is 0 Å². The topological polar surface area (TPSA) is 129 Å². The van der Waals surface area contributed by atoms with Crippen molar-refractivity contribution >= 4 is 40.6 Å². The van der Waals surface area contributed by atoms with E-state index in [0.717, 1.165) is 5.52 Å². The zero-order valence-electron chi connectivity index (χ0n) is 21.3. The molecule has 2 unspecified atom stereocenters. The number of carbonyl (C=O) groups is 3. The third kappa shape index (κ3) is 3.69. The second kappa shape index (κ2) is 9.13. The molecule has 3 saturated heterocycles. The lowest BCUT2D eigenvalue weighted by Crippen LogP contribution is -2.58. The first-order valence-corrected chi connectivity index (χ1v) is 13.4. The molecule has 2 bridgehead atoms. The van der Waals surface area contributed by atoms with Crippen molar-refractivity contribution in [3.05, 3.63) is 36.9 Å². The minimum atomic E-state index is -1.01. The Morgan fingerprint density at radius 1 is 1.32 bits per heavy atom. The van der Waals surface area contributed by atoms with Gasteiger partial charge >= 0.3 is 5.97 Å². The number of hydrogen-bond donors (Lipinski definition) is 2. The first-order valence-electron chi connectivity index (χ1n) is 12.6. The lowest BCUT2D eigenvalue weighted by Gasteiger charge is -2.40. The highest BCUT2D eigenvalue weighted by Gasteiger charge is 2.78. The zero-order valence-corrected chi connectivity index (χ0v) is 22.1. The van der Waals surface area contributed by atoms with E-state index in [0.29, 0.717) is 18.4 Å². The number of benzene rings is 1. The van der Waals surface area contributed by atoms with Crippen LogP contribution in [0.25, 0.3) is 11.0 Å². The summed E-state index contributed by atoms with van der Waals surface area (Å²) in [5.41, 5.74) is 1.47. The van der Waals surface area contributed by atoms with Crippen LogP contribution in [0, 0.1) is 17.8 Å². The maximum Gasteiger partial charge on any atom is 0.308 e. The molecule has 1 aromatic heterocycles. The van der Waals surface area contributed by atoms with Crippen LogP contribution in [0.15, 0.2) is 36.9 Å². The molecule has 37 heavy (non-hydrogen) atoms. The molecule has 1 aromatic carbocycles. The number of amides is 2. The van der Waals surface area contributed by atoms with Gasteiger partial charge in [-0.2, -0.15) is 0 Å². The summed E-state index contributed by atoms with van der Waals surface area (Å²) >= 11 is 1.48. The average molecular weight is 528 g/mol. The summed E-state index contributed by atoms with van der Waals surface area (Å²) in [7, 11) is 0. The summed E-state index contributed by atoms with van der Waals surface area (Å²) in [6, 6.07) is 5.94. The molecule has 198 valence electrons. The van der Waals surface area contributed by atoms with Gasteiger partial charge < -0.3 is 20.0 Å². The molecule has 6 atom stereocenters. The maximum absolute atomic E-state index is 14.5. The number of thioether (sulfide) groups is 1. The number of para-hydroxylation sites is 1. The Kier molecular flexibility index (Phi) is 6.34. The van der Waals surface area contributed by atoms with Gasteiger partial charge in [-0.3, -0.25) is 14.4 Å². The van der Waals surface area contributed by atoms with Crippen LogP contribution >= 0.6 is 11.8 Å². The summed E-state index contributed by atoms with van der Waals surface area (Å²) in [4.78, 5) is 44.1. The zero-order chi connectivity index (χ0) is 26.7. The van der Waals surface area contributed by atoms with Crippen molar-refractivity contribution in [3.63, 3.8) is 0 Å². The molecule has 0 radical (unpaired) electrons. The summed E-state index contributed by atoms with van der Waals surface area (Å²) in [5, 5.41) is 28.9. The standard InChI is InChI=1S/C26H33N5O5S/c1-5-12-29(14-30-17-9-7-6-8-16(17)27-28-30)23(34)21-26-11-10-25(4,37-26)20(24(35)36)19(26)22(33)31(21)18(13-32)15(2)3/h5-9,15,18-21,32H,1,10-14H2,2-4H3,(H,35,36)/t18-,19-,20+,21?,25-,26?/m0/s1. The number of likely N-dealkylation sites (tertiary alicyclic amines) is 1. The summed E-state index contributed by atoms with van der Waals surface area (Å²) in [5.74, 6) is -3.50. The number of fused-ring (bicyclic) bond motifs is 2. The van der Waals surface area contributed by atoms with Gasteiger partial charge in [-0.15, -0.1) is 23.4 Å². The molecule has 3 aliphatic rings. The Labute approximate surface area is 219 Å². The third-order valence-electron chi connectivity index (χ3n) is 8.41. The minimum absolute atomic E-state index is 0.0976. The third-order valence-corrected chi connectivity index (χ3v) is 10.4. The van der Waals surface area contributed by atoms with Gasteiger partial charge in [0, 0.05) is 11.3 Å². The van der Waals surface area contributed by atoms with Crippen molar-refractivity contribution in [2.24, 2.45) is 17.8 Å². The lowest BCUT2D eigenvalue weighted by molar-refractivity contribution is -0.151. The fourth-order valence-electron chi connectivity index (χ4n) is 6.73. The van der Waals surface area contributed by atoms with Gasteiger partial charge in [0.25, 0.3) is 0 Å². The molecule has 4 heterocycles. The smallest absolute Gasteiger partial charge is 0.308 e. The van der Waals surface area contributed by atoms with Crippen molar-refractivity contribution in [3.8, 4) is 0 Å². The normalized spacial score (nSPS) is 31.2. The van der Waals surface area contributed by atoms with Gasteiger partial charge in [-0.05, 0) is 37.8 Å². The number of aromatic nitrogens is 3. The molecule has 2 N–H and O–H groups in total. The molecule has 11 heteroatoms. The van der Waals surface area contributed by atoms with Crippen LogP contribution in [0.4, 0.5) is 0 Å². The van der Waals surface area contributed by atoms with E-state index in [1.807, 2.05) is 45.0 Å². The molecule has 0 saturated carbocycles. The summed E-state index contributed by atoms with van der Waals surface area (Å²) in [6.45, 7) is 9.51. The molecule has 10 nitrogen and oxygen atoms in total. The number of carboxylic acid groups (broad SMARTS) is 1. The quantitative estimate of drug-likeness (QED) is 0.474. The fraction of sp³-hybridized carbons (Fsp3) is 0.577. The van der Waals surface area contributed by atoms with E-state index < -0.39 is 39.4 Å². The molecule has 0 aliphatic carbocycles. The highest BCUT2D eigenvalue weighted by atomic mass is 32.2. The van der Waals surface area contributed by atoms with E-state index >= 15 is 0 Å². The maximum atomic E-state index is 14.5. The average Bonchev–Trinajstić information content (AvgIpc) is 3.55. The van der Waals surface area contributed by atoms with Crippen molar-refractivity contribution in [1.29, 1.82) is 0 Å². The molecule has 1 spiro atoms. The lowest BCUT2D eigenvalue weighted by atomic mass is 9.66. The van der Waals surface area contributed by atoms with E-state index in [1.54, 1.807) is 15.7 Å². The summed E-state index contributed by atoms with van der Waals surface area (Å²) < 4.78 is 0.131. The Balaban J connectivity index is 1.59. The molecule has 3 fully saturated rings. The Morgan fingerprint density at radius 3 is 2.70 bits per heavy atom. The first-order chi connectivity index (χ1) is 17.6. The van der Waals surface area contributed by atoms with Crippen LogP contribution in [-0.2, 0) is 21.1 Å². The number of carboxylic acids is 1. The van der Waals surface area contributed by atoms with E-state index in [1.165, 1.54) is 16.7 Å². The number of aliphatic hydroxyl groups is 1. The number of hydrogen-bond acceptors (Lipinski definition) is 7. The molecular formula is C26H33N5O5S. The van der Waals surface area contributed by atoms with Crippen molar-refractivity contribution in [2.75, 3.05) is 13.2 Å². The Morgan fingerprint density at radius 2 is 2.05 bits per heavy atom.